The van der Waals surface area contributed by atoms with Crippen molar-refractivity contribution in [3.8, 4) is 0 Å². The van der Waals surface area contributed by atoms with Crippen LogP contribution in [0.4, 0.5) is 0 Å². The van der Waals surface area contributed by atoms with Crippen LogP contribution in [0.1, 0.15) is 17.5 Å². The van der Waals surface area contributed by atoms with Gasteiger partial charge < -0.3 is 5.73 Å². The second-order valence-corrected chi connectivity index (χ2v) is 3.83. The Balaban J connectivity index is 2.64. The van der Waals surface area contributed by atoms with Crippen LogP contribution in [0.3, 0.4) is 0 Å². The number of nitrogens with two attached hydrogens (primary N) is 1. The zero-order valence-corrected chi connectivity index (χ0v) is 8.26. The molecule has 1 nitrogen and oxygen atoms in total. The van der Waals surface area contributed by atoms with Gasteiger partial charge in [-0.25, -0.2) is 0 Å². The van der Waals surface area contributed by atoms with E-state index in [1.165, 1.54) is 11.1 Å². The van der Waals surface area contributed by atoms with Gasteiger partial charge in [0.1, 0.15) is 0 Å². The van der Waals surface area contributed by atoms with E-state index in [4.69, 9.17) is 5.73 Å². The van der Waals surface area contributed by atoms with Gasteiger partial charge in [-0.1, -0.05) is 34.1 Å². The normalized spacial score (nSPS) is 15.2. The van der Waals surface area contributed by atoms with E-state index in [0.717, 1.165) is 23.0 Å². The summed E-state index contributed by atoms with van der Waals surface area (Å²) in [6.07, 6.45) is 4.26. The maximum absolute atomic E-state index is 5.88. The molecular weight excluding hydrogens is 214 g/mol. The van der Waals surface area contributed by atoms with Gasteiger partial charge >= 0.3 is 0 Å². The van der Waals surface area contributed by atoms with E-state index in [2.05, 4.69) is 34.1 Å². The zero-order chi connectivity index (χ0) is 8.55. The smallest absolute Gasteiger partial charge is 0.0361 e. The summed E-state index contributed by atoms with van der Waals surface area (Å²) >= 11 is 3.50. The molecule has 1 aromatic rings. The standard InChI is InChI=1S/C10H10BrN/c11-8-5-1-3-7-4-2-6-9(12)10(7)8/h1,3,5-6H,2,4,12H2. The monoisotopic (exact) mass is 223 g/mol. The molecule has 0 unspecified atom stereocenters. The van der Waals surface area contributed by atoms with E-state index in [9.17, 15) is 0 Å². The molecule has 1 aliphatic rings. The van der Waals surface area contributed by atoms with Crippen molar-refractivity contribution in [3.63, 3.8) is 0 Å². The molecule has 0 aliphatic heterocycles. The maximum Gasteiger partial charge on any atom is 0.0361 e. The molecule has 12 heavy (non-hydrogen) atoms. The molecule has 1 aliphatic carbocycles. The number of hydrogen-bond acceptors (Lipinski definition) is 1. The van der Waals surface area contributed by atoms with Gasteiger partial charge in [0.2, 0.25) is 0 Å². The average Bonchev–Trinajstić information content (AvgIpc) is 2.04. The lowest BCUT2D eigenvalue weighted by atomic mass is 9.95. The van der Waals surface area contributed by atoms with Crippen LogP contribution in [0.5, 0.6) is 0 Å². The summed E-state index contributed by atoms with van der Waals surface area (Å²) in [4.78, 5) is 0. The fraction of sp³-hybridized carbons (Fsp3) is 0.200. The van der Waals surface area contributed by atoms with E-state index in [0.29, 0.717) is 0 Å². The van der Waals surface area contributed by atoms with Gasteiger partial charge in [0.15, 0.2) is 0 Å². The van der Waals surface area contributed by atoms with Crippen molar-refractivity contribution in [1.82, 2.24) is 0 Å². The third-order valence-electron chi connectivity index (χ3n) is 2.17. The molecular formula is C10H10BrN. The largest absolute Gasteiger partial charge is 0.398 e. The lowest BCUT2D eigenvalue weighted by Gasteiger charge is -2.15. The van der Waals surface area contributed by atoms with E-state index in [1.807, 2.05) is 6.07 Å². The van der Waals surface area contributed by atoms with Crippen LogP contribution < -0.4 is 5.73 Å². The highest BCUT2D eigenvalue weighted by atomic mass is 79.9. The Kier molecular flexibility index (Phi) is 1.93. The first-order chi connectivity index (χ1) is 5.79. The van der Waals surface area contributed by atoms with Crippen molar-refractivity contribution in [2.45, 2.75) is 12.8 Å². The van der Waals surface area contributed by atoms with Gasteiger partial charge in [0.05, 0.1) is 0 Å². The first-order valence-electron chi connectivity index (χ1n) is 4.02. The Morgan fingerprint density at radius 3 is 2.92 bits per heavy atom. The third-order valence-corrected chi connectivity index (χ3v) is 2.83. The molecule has 0 amide bonds. The molecule has 2 heteroatoms. The van der Waals surface area contributed by atoms with Crippen molar-refractivity contribution >= 4 is 21.6 Å². The maximum atomic E-state index is 5.88. The minimum atomic E-state index is 0.906. The summed E-state index contributed by atoms with van der Waals surface area (Å²) in [5.74, 6) is 0. The Morgan fingerprint density at radius 1 is 1.33 bits per heavy atom. The number of aryl methyl sites for hydroxylation is 1. The molecule has 62 valence electrons. The van der Waals surface area contributed by atoms with Gasteiger partial charge in [-0.05, 0) is 24.5 Å². The summed E-state index contributed by atoms with van der Waals surface area (Å²) in [6.45, 7) is 0. The highest BCUT2D eigenvalue weighted by Gasteiger charge is 2.11. The molecule has 0 spiro atoms. The lowest BCUT2D eigenvalue weighted by Crippen LogP contribution is -2.06. The molecule has 1 aromatic carbocycles. The van der Waals surface area contributed by atoms with Gasteiger partial charge in [-0.3, -0.25) is 0 Å². The van der Waals surface area contributed by atoms with Crippen LogP contribution in [-0.2, 0) is 6.42 Å². The molecule has 0 fully saturated rings. The minimum absolute atomic E-state index is 0.906. The van der Waals surface area contributed by atoms with Gasteiger partial charge in [0, 0.05) is 15.7 Å². The second-order valence-electron chi connectivity index (χ2n) is 2.97. The topological polar surface area (TPSA) is 26.0 Å². The fourth-order valence-electron chi connectivity index (χ4n) is 1.59. The summed E-state index contributed by atoms with van der Waals surface area (Å²) < 4.78 is 1.11. The third kappa shape index (κ3) is 1.16. The van der Waals surface area contributed by atoms with Gasteiger partial charge in [0.25, 0.3) is 0 Å². The molecule has 0 heterocycles. The molecule has 0 atom stereocenters. The number of rotatable bonds is 0. The Morgan fingerprint density at radius 2 is 2.17 bits per heavy atom. The molecule has 0 saturated heterocycles. The molecule has 2 rings (SSSR count). The van der Waals surface area contributed by atoms with E-state index < -0.39 is 0 Å². The second kappa shape index (κ2) is 2.94. The van der Waals surface area contributed by atoms with Gasteiger partial charge in [-0.15, -0.1) is 0 Å². The summed E-state index contributed by atoms with van der Waals surface area (Å²) in [6, 6.07) is 6.23. The predicted octanol–water partition coefficient (Wildman–Crippen LogP) is 2.69. The van der Waals surface area contributed by atoms with Crippen molar-refractivity contribution in [1.29, 1.82) is 0 Å². The Bertz CT molecular complexity index is 342. The van der Waals surface area contributed by atoms with E-state index in [-0.39, 0.29) is 0 Å². The highest BCUT2D eigenvalue weighted by Crippen LogP contribution is 2.29. The number of benzene rings is 1. The van der Waals surface area contributed by atoms with Crippen LogP contribution in [0.15, 0.2) is 28.7 Å². The van der Waals surface area contributed by atoms with Crippen molar-refractivity contribution in [3.05, 3.63) is 39.9 Å². The minimum Gasteiger partial charge on any atom is -0.398 e. The van der Waals surface area contributed by atoms with Crippen LogP contribution in [0.25, 0.3) is 5.70 Å². The quantitative estimate of drug-likeness (QED) is 0.720. The van der Waals surface area contributed by atoms with Gasteiger partial charge in [-0.2, -0.15) is 0 Å². The predicted molar refractivity (Wildman–Crippen MR) is 54.6 cm³/mol. The molecule has 0 bridgehead atoms. The van der Waals surface area contributed by atoms with Crippen molar-refractivity contribution < 1.29 is 0 Å². The number of allylic oxidation sites excluding steroid dienone is 1. The SMILES string of the molecule is NC1=CCCc2cccc(Br)c21. The molecule has 2 N–H and O–H groups in total. The summed E-state index contributed by atoms with van der Waals surface area (Å²) in [5, 5.41) is 0. The molecule has 0 radical (unpaired) electrons. The van der Waals surface area contributed by atoms with Crippen molar-refractivity contribution in [2.24, 2.45) is 5.73 Å². The Labute approximate surface area is 80.4 Å². The van der Waals surface area contributed by atoms with Crippen LogP contribution in [0, 0.1) is 0 Å². The first kappa shape index (κ1) is 7.87. The Hall–Kier alpha value is -0.760. The van der Waals surface area contributed by atoms with Crippen LogP contribution in [-0.4, -0.2) is 0 Å². The first-order valence-corrected chi connectivity index (χ1v) is 4.82. The molecule has 0 aromatic heterocycles. The number of halogens is 1. The lowest BCUT2D eigenvalue weighted by molar-refractivity contribution is 0.970. The molecule has 0 saturated carbocycles. The summed E-state index contributed by atoms with van der Waals surface area (Å²) in [5.41, 5.74) is 9.32. The highest BCUT2D eigenvalue weighted by molar-refractivity contribution is 9.10. The average molecular weight is 224 g/mol. The fourth-order valence-corrected chi connectivity index (χ4v) is 2.22. The van der Waals surface area contributed by atoms with E-state index in [1.54, 1.807) is 0 Å². The number of hydrogen-bond donors (Lipinski definition) is 1. The number of fused-ring (bicyclic) bond motifs is 1. The van der Waals surface area contributed by atoms with Crippen molar-refractivity contribution in [2.75, 3.05) is 0 Å². The summed E-state index contributed by atoms with van der Waals surface area (Å²) in [7, 11) is 0. The zero-order valence-electron chi connectivity index (χ0n) is 6.68. The van der Waals surface area contributed by atoms with Crippen LogP contribution in [0.2, 0.25) is 0 Å². The van der Waals surface area contributed by atoms with E-state index >= 15 is 0 Å². The van der Waals surface area contributed by atoms with Crippen LogP contribution >= 0.6 is 15.9 Å².